The van der Waals surface area contributed by atoms with Gasteiger partial charge in [0.1, 0.15) is 0 Å². The first-order valence-corrected chi connectivity index (χ1v) is 8.12. The van der Waals surface area contributed by atoms with E-state index in [9.17, 15) is 9.59 Å². The van der Waals surface area contributed by atoms with Crippen LogP contribution in [-0.4, -0.2) is 47.8 Å². The lowest BCUT2D eigenvalue weighted by Crippen LogP contribution is -2.41. The minimum atomic E-state index is 0.162. The Morgan fingerprint density at radius 3 is 1.60 bits per heavy atom. The molecule has 2 heterocycles. The minimum Gasteiger partial charge on any atom is -0.342 e. The van der Waals surface area contributed by atoms with Crippen LogP contribution >= 0.6 is 0 Å². The zero-order chi connectivity index (χ0) is 14.5. The molecule has 2 aliphatic heterocycles. The molecule has 0 radical (unpaired) electrons. The Morgan fingerprint density at radius 2 is 1.25 bits per heavy atom. The summed E-state index contributed by atoms with van der Waals surface area (Å²) in [6.45, 7) is 7.87. The van der Waals surface area contributed by atoms with Gasteiger partial charge in [0.15, 0.2) is 0 Å². The minimum absolute atomic E-state index is 0.162. The molecule has 2 aliphatic rings. The van der Waals surface area contributed by atoms with Gasteiger partial charge in [0, 0.05) is 39.0 Å². The van der Waals surface area contributed by atoms with E-state index >= 15 is 0 Å². The lowest BCUT2D eigenvalue weighted by atomic mass is 9.99. The SMILES string of the molecule is CC1CCCN(C(=O)CCC(=O)N2CCCC(C)C2)C1. The third-order valence-electron chi connectivity index (χ3n) is 4.57. The second-order valence-electron chi connectivity index (χ2n) is 6.67. The van der Waals surface area contributed by atoms with Crippen LogP contribution in [0.3, 0.4) is 0 Å². The van der Waals surface area contributed by atoms with Crippen molar-refractivity contribution in [1.82, 2.24) is 9.80 Å². The monoisotopic (exact) mass is 280 g/mol. The Labute approximate surface area is 122 Å². The van der Waals surface area contributed by atoms with Crippen LogP contribution in [0.15, 0.2) is 0 Å². The second-order valence-corrected chi connectivity index (χ2v) is 6.67. The molecule has 4 nitrogen and oxygen atoms in total. The maximum atomic E-state index is 12.2. The number of nitrogens with zero attached hydrogens (tertiary/aromatic N) is 2. The summed E-state index contributed by atoms with van der Waals surface area (Å²) in [6, 6.07) is 0. The molecule has 20 heavy (non-hydrogen) atoms. The van der Waals surface area contributed by atoms with Crippen molar-refractivity contribution in [1.29, 1.82) is 0 Å². The molecular formula is C16H28N2O2. The van der Waals surface area contributed by atoms with E-state index < -0.39 is 0 Å². The van der Waals surface area contributed by atoms with E-state index in [0.29, 0.717) is 24.7 Å². The highest BCUT2D eigenvalue weighted by Crippen LogP contribution is 2.18. The molecule has 0 aliphatic carbocycles. The first-order chi connectivity index (χ1) is 9.56. The predicted octanol–water partition coefficient (Wildman–Crippen LogP) is 2.28. The van der Waals surface area contributed by atoms with Crippen molar-refractivity contribution in [2.24, 2.45) is 11.8 Å². The van der Waals surface area contributed by atoms with E-state index in [-0.39, 0.29) is 11.8 Å². The lowest BCUT2D eigenvalue weighted by Gasteiger charge is -2.32. The number of piperidine rings is 2. The molecule has 0 aromatic heterocycles. The molecule has 4 heteroatoms. The maximum Gasteiger partial charge on any atom is 0.223 e. The van der Waals surface area contributed by atoms with Crippen LogP contribution < -0.4 is 0 Å². The van der Waals surface area contributed by atoms with E-state index in [0.717, 1.165) is 39.0 Å². The zero-order valence-electron chi connectivity index (χ0n) is 12.9. The first kappa shape index (κ1) is 15.3. The van der Waals surface area contributed by atoms with Crippen LogP contribution in [0.5, 0.6) is 0 Å². The number of rotatable bonds is 3. The number of likely N-dealkylation sites (tertiary alicyclic amines) is 2. The van der Waals surface area contributed by atoms with Gasteiger partial charge in [-0.2, -0.15) is 0 Å². The van der Waals surface area contributed by atoms with Gasteiger partial charge in [-0.1, -0.05) is 13.8 Å². The van der Waals surface area contributed by atoms with E-state index in [2.05, 4.69) is 13.8 Å². The summed E-state index contributed by atoms with van der Waals surface area (Å²) >= 11 is 0. The fourth-order valence-corrected chi connectivity index (χ4v) is 3.36. The quantitative estimate of drug-likeness (QED) is 0.796. The number of amides is 2. The van der Waals surface area contributed by atoms with Gasteiger partial charge in [-0.25, -0.2) is 0 Å². The van der Waals surface area contributed by atoms with Crippen LogP contribution in [0.4, 0.5) is 0 Å². The van der Waals surface area contributed by atoms with Gasteiger partial charge in [0.25, 0.3) is 0 Å². The highest BCUT2D eigenvalue weighted by atomic mass is 16.2. The summed E-state index contributed by atoms with van der Waals surface area (Å²) < 4.78 is 0. The molecule has 0 spiro atoms. The fourth-order valence-electron chi connectivity index (χ4n) is 3.36. The molecule has 2 atom stereocenters. The second kappa shape index (κ2) is 7.09. The summed E-state index contributed by atoms with van der Waals surface area (Å²) in [5, 5.41) is 0. The molecule has 0 saturated carbocycles. The molecule has 114 valence electrons. The molecule has 0 aromatic rings. The van der Waals surface area contributed by atoms with E-state index in [1.807, 2.05) is 9.80 Å². The summed E-state index contributed by atoms with van der Waals surface area (Å²) in [5.74, 6) is 1.53. The molecule has 2 unspecified atom stereocenters. The maximum absolute atomic E-state index is 12.2. The van der Waals surface area contributed by atoms with Crippen molar-refractivity contribution in [2.75, 3.05) is 26.2 Å². The van der Waals surface area contributed by atoms with Crippen molar-refractivity contribution >= 4 is 11.8 Å². The molecule has 2 rings (SSSR count). The first-order valence-electron chi connectivity index (χ1n) is 8.12. The highest BCUT2D eigenvalue weighted by Gasteiger charge is 2.24. The Kier molecular flexibility index (Phi) is 5.44. The summed E-state index contributed by atoms with van der Waals surface area (Å²) in [7, 11) is 0. The van der Waals surface area contributed by atoms with E-state index in [4.69, 9.17) is 0 Å². The molecule has 2 fully saturated rings. The van der Waals surface area contributed by atoms with Crippen molar-refractivity contribution < 1.29 is 9.59 Å². The standard InChI is InChI=1S/C16H28N2O2/c1-13-5-3-9-17(11-13)15(19)7-8-16(20)18-10-4-6-14(2)12-18/h13-14H,3-12H2,1-2H3. The Morgan fingerprint density at radius 1 is 0.850 bits per heavy atom. The van der Waals surface area contributed by atoms with Gasteiger partial charge < -0.3 is 9.80 Å². The van der Waals surface area contributed by atoms with Crippen LogP contribution in [-0.2, 0) is 9.59 Å². The molecule has 0 aromatic carbocycles. The van der Waals surface area contributed by atoms with Crippen molar-refractivity contribution in [3.8, 4) is 0 Å². The Hall–Kier alpha value is -1.06. The molecule has 2 amide bonds. The fraction of sp³-hybridized carbons (Fsp3) is 0.875. The Balaban J connectivity index is 1.73. The van der Waals surface area contributed by atoms with Crippen molar-refractivity contribution in [3.05, 3.63) is 0 Å². The zero-order valence-corrected chi connectivity index (χ0v) is 12.9. The molecular weight excluding hydrogens is 252 g/mol. The average Bonchev–Trinajstić information content (AvgIpc) is 2.44. The smallest absolute Gasteiger partial charge is 0.223 e. The van der Waals surface area contributed by atoms with Crippen molar-refractivity contribution in [3.63, 3.8) is 0 Å². The molecule has 0 bridgehead atoms. The van der Waals surface area contributed by atoms with Crippen LogP contribution in [0.1, 0.15) is 52.4 Å². The van der Waals surface area contributed by atoms with Crippen molar-refractivity contribution in [2.45, 2.75) is 52.4 Å². The number of hydrogen-bond acceptors (Lipinski definition) is 2. The molecule has 0 N–H and O–H groups in total. The average molecular weight is 280 g/mol. The number of carbonyl (C=O) groups excluding carboxylic acids is 2. The highest BCUT2D eigenvalue weighted by molar-refractivity contribution is 5.84. The predicted molar refractivity (Wildman–Crippen MR) is 79.2 cm³/mol. The van der Waals surface area contributed by atoms with Gasteiger partial charge in [-0.15, -0.1) is 0 Å². The van der Waals surface area contributed by atoms with Gasteiger partial charge >= 0.3 is 0 Å². The Bertz CT molecular complexity index is 322. The lowest BCUT2D eigenvalue weighted by molar-refractivity contribution is -0.138. The van der Waals surface area contributed by atoms with Gasteiger partial charge in [-0.3, -0.25) is 9.59 Å². The number of carbonyl (C=O) groups is 2. The van der Waals surface area contributed by atoms with E-state index in [1.54, 1.807) is 0 Å². The summed E-state index contributed by atoms with van der Waals surface area (Å²) in [4.78, 5) is 28.2. The van der Waals surface area contributed by atoms with E-state index in [1.165, 1.54) is 12.8 Å². The number of hydrogen-bond donors (Lipinski definition) is 0. The van der Waals surface area contributed by atoms with Gasteiger partial charge in [0.05, 0.1) is 0 Å². The van der Waals surface area contributed by atoms with Crippen LogP contribution in [0.2, 0.25) is 0 Å². The third-order valence-corrected chi connectivity index (χ3v) is 4.57. The van der Waals surface area contributed by atoms with Gasteiger partial charge in [-0.05, 0) is 37.5 Å². The van der Waals surface area contributed by atoms with Crippen LogP contribution in [0.25, 0.3) is 0 Å². The molecule has 2 saturated heterocycles. The summed E-state index contributed by atoms with van der Waals surface area (Å²) in [6.07, 6.45) is 5.41. The third kappa shape index (κ3) is 4.22. The summed E-state index contributed by atoms with van der Waals surface area (Å²) in [5.41, 5.74) is 0. The topological polar surface area (TPSA) is 40.6 Å². The normalized spacial score (nSPS) is 27.5. The van der Waals surface area contributed by atoms with Crippen LogP contribution in [0, 0.1) is 11.8 Å². The van der Waals surface area contributed by atoms with Gasteiger partial charge in [0.2, 0.25) is 11.8 Å². The largest absolute Gasteiger partial charge is 0.342 e.